The SMILES string of the molecule is CCCC.CN1C(=O)C2(CCN(C(=O)OC(C)(C)C)CC2)c2c(F)cc(OCO[P+](=O)O)cc21. The van der Waals surface area contributed by atoms with Gasteiger partial charge in [-0.15, -0.1) is 4.89 Å². The highest BCUT2D eigenvalue weighted by molar-refractivity contribution is 7.32. The quantitative estimate of drug-likeness (QED) is 0.453. The first-order valence-corrected chi connectivity index (χ1v) is 12.5. The van der Waals surface area contributed by atoms with Crippen LogP contribution in [0.3, 0.4) is 0 Å². The molecule has 0 aromatic heterocycles. The van der Waals surface area contributed by atoms with Gasteiger partial charge < -0.3 is 19.3 Å². The smallest absolute Gasteiger partial charge is 0.462 e. The molecule has 2 aliphatic rings. The maximum absolute atomic E-state index is 15.1. The van der Waals surface area contributed by atoms with E-state index in [1.54, 1.807) is 27.8 Å². The summed E-state index contributed by atoms with van der Waals surface area (Å²) in [6.45, 7) is 9.70. The third-order valence-electron chi connectivity index (χ3n) is 5.75. The molecule has 1 unspecified atom stereocenters. The van der Waals surface area contributed by atoms with Crippen molar-refractivity contribution >= 4 is 25.9 Å². The van der Waals surface area contributed by atoms with Gasteiger partial charge in [0.25, 0.3) is 0 Å². The van der Waals surface area contributed by atoms with Crippen molar-refractivity contribution in [1.82, 2.24) is 4.90 Å². The molecule has 34 heavy (non-hydrogen) atoms. The molecule has 3 rings (SSSR count). The van der Waals surface area contributed by atoms with Crippen molar-refractivity contribution in [2.24, 2.45) is 0 Å². The number of benzene rings is 1. The number of hydrogen-bond donors (Lipinski definition) is 1. The monoisotopic (exact) mass is 501 g/mol. The first-order chi connectivity index (χ1) is 15.9. The lowest BCUT2D eigenvalue weighted by molar-refractivity contribution is -0.124. The van der Waals surface area contributed by atoms with Crippen molar-refractivity contribution in [3.05, 3.63) is 23.5 Å². The topological polar surface area (TPSA) is 106 Å². The van der Waals surface area contributed by atoms with Crippen molar-refractivity contribution in [3.8, 4) is 5.75 Å². The van der Waals surface area contributed by atoms with Gasteiger partial charge in [0.15, 0.2) is 0 Å². The van der Waals surface area contributed by atoms with Crippen LogP contribution in [-0.4, -0.2) is 54.3 Å². The van der Waals surface area contributed by atoms with Gasteiger partial charge in [-0.25, -0.2) is 9.18 Å². The third kappa shape index (κ3) is 6.43. The molecule has 0 aliphatic carbocycles. The summed E-state index contributed by atoms with van der Waals surface area (Å²) in [6.07, 6.45) is 2.73. The Bertz CT molecular complexity index is 909. The Labute approximate surface area is 201 Å². The predicted octanol–water partition coefficient (Wildman–Crippen LogP) is 4.88. The highest BCUT2D eigenvalue weighted by Crippen LogP contribution is 2.50. The number of amides is 2. The van der Waals surface area contributed by atoms with Crippen LogP contribution in [0, 0.1) is 5.82 Å². The van der Waals surface area contributed by atoms with Crippen LogP contribution in [0.1, 0.15) is 65.9 Å². The molecule has 1 N–H and O–H groups in total. The summed E-state index contributed by atoms with van der Waals surface area (Å²) in [5.74, 6) is -0.780. The van der Waals surface area contributed by atoms with Crippen molar-refractivity contribution < 1.29 is 37.4 Å². The highest BCUT2D eigenvalue weighted by atomic mass is 31.1. The van der Waals surface area contributed by atoms with Gasteiger partial charge in [-0.05, 0) is 33.6 Å². The van der Waals surface area contributed by atoms with Crippen LogP contribution in [0.25, 0.3) is 0 Å². The van der Waals surface area contributed by atoms with E-state index in [4.69, 9.17) is 14.4 Å². The van der Waals surface area contributed by atoms with Crippen LogP contribution >= 0.6 is 8.25 Å². The number of carbonyl (C=O) groups excluding carboxylic acids is 2. The minimum absolute atomic E-state index is 0.0750. The zero-order valence-electron chi connectivity index (χ0n) is 20.7. The van der Waals surface area contributed by atoms with E-state index in [1.165, 1.54) is 28.7 Å². The molecule has 1 atom stereocenters. The van der Waals surface area contributed by atoms with Crippen LogP contribution in [0.4, 0.5) is 14.9 Å². The summed E-state index contributed by atoms with van der Waals surface area (Å²) < 4.78 is 40.6. The van der Waals surface area contributed by atoms with E-state index in [0.29, 0.717) is 5.69 Å². The Morgan fingerprint density at radius 3 is 2.29 bits per heavy atom. The average Bonchev–Trinajstić information content (AvgIpc) is 2.95. The molecule has 0 radical (unpaired) electrons. The van der Waals surface area contributed by atoms with Gasteiger partial charge >= 0.3 is 14.3 Å². The molecule has 1 fully saturated rings. The molecule has 9 nitrogen and oxygen atoms in total. The molecule has 1 saturated heterocycles. The van der Waals surface area contributed by atoms with Crippen molar-refractivity contribution in [2.45, 2.75) is 71.3 Å². The number of rotatable bonds is 5. The number of fused-ring (bicyclic) bond motifs is 2. The van der Waals surface area contributed by atoms with Gasteiger partial charge in [0.2, 0.25) is 12.7 Å². The maximum atomic E-state index is 15.1. The molecule has 2 aliphatic heterocycles. The molecule has 11 heteroatoms. The Balaban J connectivity index is 0.000000945. The zero-order chi connectivity index (χ0) is 25.7. The van der Waals surface area contributed by atoms with Crippen LogP contribution in [0.2, 0.25) is 0 Å². The number of halogens is 1. The van der Waals surface area contributed by atoms with Crippen molar-refractivity contribution in [1.29, 1.82) is 0 Å². The van der Waals surface area contributed by atoms with Crippen molar-refractivity contribution in [2.75, 3.05) is 31.8 Å². The van der Waals surface area contributed by atoms with E-state index < -0.39 is 38.0 Å². The number of nitrogens with zero attached hydrogens (tertiary/aromatic N) is 2. The minimum atomic E-state index is -2.84. The number of anilines is 1. The summed E-state index contributed by atoms with van der Waals surface area (Å²) in [4.78, 5) is 37.0. The zero-order valence-corrected chi connectivity index (χ0v) is 21.6. The lowest BCUT2D eigenvalue weighted by Gasteiger charge is -2.38. The number of likely N-dealkylation sites (tertiary alicyclic amines) is 1. The van der Waals surface area contributed by atoms with E-state index in [2.05, 4.69) is 18.4 Å². The molecule has 190 valence electrons. The molecular formula is C23H35FN2O7P+. The van der Waals surface area contributed by atoms with Crippen LogP contribution < -0.4 is 9.64 Å². The largest absolute Gasteiger partial charge is 0.698 e. The fourth-order valence-corrected chi connectivity index (χ4v) is 4.07. The van der Waals surface area contributed by atoms with Gasteiger partial charge in [-0.2, -0.15) is 0 Å². The summed E-state index contributed by atoms with van der Waals surface area (Å²) in [5, 5.41) is 0. The number of carbonyl (C=O) groups is 2. The number of piperidine rings is 1. The van der Waals surface area contributed by atoms with Gasteiger partial charge in [0, 0.05) is 42.4 Å². The standard InChI is InChI=1S/C19H24FN2O7P.C4H10/c1-18(2,3)29-17(24)22-7-5-19(6-8-22)15-13(20)9-12(27-11-28-30(25)26)10-14(15)21(4)16(19)23;1-3-4-2/h9-10H,5-8,11H2,1-4H3;3-4H2,1-2H3/p+1. The molecule has 1 aromatic rings. The summed E-state index contributed by atoms with van der Waals surface area (Å²) in [5.41, 5.74) is -1.04. The average molecular weight is 502 g/mol. The Hall–Kier alpha value is -2.29. The normalized spacial score (nSPS) is 17.2. The fourth-order valence-electron chi connectivity index (χ4n) is 3.93. The van der Waals surface area contributed by atoms with E-state index in [-0.39, 0.29) is 43.2 Å². The van der Waals surface area contributed by atoms with E-state index in [1.807, 2.05) is 0 Å². The predicted molar refractivity (Wildman–Crippen MR) is 126 cm³/mol. The van der Waals surface area contributed by atoms with E-state index in [9.17, 15) is 14.2 Å². The molecular weight excluding hydrogens is 466 g/mol. The van der Waals surface area contributed by atoms with Gasteiger partial charge in [-0.1, -0.05) is 31.2 Å². The van der Waals surface area contributed by atoms with Crippen LogP contribution in [-0.2, 0) is 24.0 Å². The molecule has 1 spiro atoms. The summed E-state index contributed by atoms with van der Waals surface area (Å²) in [7, 11) is -1.28. The van der Waals surface area contributed by atoms with E-state index in [0.717, 1.165) is 6.07 Å². The molecule has 2 amide bonds. The highest BCUT2D eigenvalue weighted by Gasteiger charge is 2.53. The second-order valence-electron chi connectivity index (χ2n) is 9.34. The number of unbranched alkanes of at least 4 members (excludes halogenated alkanes) is 1. The minimum Gasteiger partial charge on any atom is -0.462 e. The first kappa shape index (κ1) is 28.0. The number of ether oxygens (including phenoxy) is 2. The Kier molecular flexibility index (Phi) is 9.39. The van der Waals surface area contributed by atoms with Crippen LogP contribution in [0.5, 0.6) is 5.75 Å². The molecule has 1 aromatic carbocycles. The second-order valence-corrected chi connectivity index (χ2v) is 10.1. The molecule has 0 saturated carbocycles. The van der Waals surface area contributed by atoms with Gasteiger partial charge in [0.05, 0.1) is 11.1 Å². The van der Waals surface area contributed by atoms with E-state index >= 15 is 4.39 Å². The molecule has 2 heterocycles. The fraction of sp³-hybridized carbons (Fsp3) is 0.652. The second kappa shape index (κ2) is 11.4. The number of likely N-dealkylation sites (N-methyl/N-ethyl adjacent to an activating group) is 1. The lowest BCUT2D eigenvalue weighted by atomic mass is 9.73. The lowest BCUT2D eigenvalue weighted by Crippen LogP contribution is -2.50. The van der Waals surface area contributed by atoms with Crippen molar-refractivity contribution in [3.63, 3.8) is 0 Å². The first-order valence-electron chi connectivity index (χ1n) is 11.4. The summed E-state index contributed by atoms with van der Waals surface area (Å²) >= 11 is 0. The Morgan fingerprint density at radius 1 is 1.21 bits per heavy atom. The van der Waals surface area contributed by atoms with Crippen LogP contribution in [0.15, 0.2) is 12.1 Å². The number of hydrogen-bond acceptors (Lipinski definition) is 6. The van der Waals surface area contributed by atoms with Gasteiger partial charge in [-0.3, -0.25) is 4.79 Å². The molecule has 0 bridgehead atoms. The maximum Gasteiger partial charge on any atom is 0.698 e. The third-order valence-corrected chi connectivity index (χ3v) is 6.08. The van der Waals surface area contributed by atoms with Gasteiger partial charge in [0.1, 0.15) is 17.2 Å². The Morgan fingerprint density at radius 2 is 1.79 bits per heavy atom. The summed E-state index contributed by atoms with van der Waals surface area (Å²) in [6, 6.07) is 2.63.